The maximum absolute atomic E-state index is 12.7. The van der Waals surface area contributed by atoms with Crippen molar-refractivity contribution in [3.05, 3.63) is 18.2 Å². The first kappa shape index (κ1) is 23.9. The van der Waals surface area contributed by atoms with Gasteiger partial charge in [0, 0.05) is 39.6 Å². The summed E-state index contributed by atoms with van der Waals surface area (Å²) >= 11 is 0. The highest BCUT2D eigenvalue weighted by atomic mass is 19.3. The monoisotopic (exact) mass is 451 g/mol. The standard InChI is InChI=1S/C22H31F2N5O3/c1-26(2)21-16(28-11-9-15(10-12-28)27(3)13-19(23)24)5-4-6-17(21)29(14-30)18-7-8-20(31)25-22(18)32/h4-6,14-15,18-19H,7-13H2,1-3H3,(H,25,31,32). The highest BCUT2D eigenvalue weighted by molar-refractivity contribution is 6.05. The van der Waals surface area contributed by atoms with Gasteiger partial charge in [-0.05, 0) is 38.4 Å². The molecule has 2 saturated heterocycles. The van der Waals surface area contributed by atoms with Crippen molar-refractivity contribution in [2.45, 2.75) is 44.2 Å². The molecule has 1 unspecified atom stereocenters. The van der Waals surface area contributed by atoms with Gasteiger partial charge in [0.25, 0.3) is 6.43 Å². The average molecular weight is 452 g/mol. The van der Waals surface area contributed by atoms with Crippen LogP contribution in [0.1, 0.15) is 25.7 Å². The zero-order chi connectivity index (χ0) is 23.4. The molecule has 2 heterocycles. The number of alkyl halides is 2. The number of rotatable bonds is 8. The molecular formula is C22H31F2N5O3. The molecule has 0 aliphatic carbocycles. The highest BCUT2D eigenvalue weighted by Crippen LogP contribution is 2.40. The summed E-state index contributed by atoms with van der Waals surface area (Å²) in [7, 11) is 5.48. The number of imide groups is 1. The van der Waals surface area contributed by atoms with Crippen LogP contribution < -0.4 is 20.0 Å². The summed E-state index contributed by atoms with van der Waals surface area (Å²) in [6, 6.07) is 4.94. The topological polar surface area (TPSA) is 76.2 Å². The van der Waals surface area contributed by atoms with E-state index in [2.05, 4.69) is 10.2 Å². The fourth-order valence-corrected chi connectivity index (χ4v) is 4.60. The Morgan fingerprint density at radius 3 is 2.41 bits per heavy atom. The summed E-state index contributed by atoms with van der Waals surface area (Å²) in [5, 5.41) is 2.31. The van der Waals surface area contributed by atoms with Crippen molar-refractivity contribution in [2.24, 2.45) is 0 Å². The number of carbonyl (C=O) groups excluding carboxylic acids is 3. The second kappa shape index (κ2) is 10.2. The highest BCUT2D eigenvalue weighted by Gasteiger charge is 2.34. The van der Waals surface area contributed by atoms with Crippen LogP contribution in [0, 0.1) is 0 Å². The lowest BCUT2D eigenvalue weighted by Crippen LogP contribution is -2.52. The molecule has 0 radical (unpaired) electrons. The van der Waals surface area contributed by atoms with Crippen molar-refractivity contribution in [3.63, 3.8) is 0 Å². The molecule has 0 bridgehead atoms. The van der Waals surface area contributed by atoms with Crippen molar-refractivity contribution in [1.29, 1.82) is 0 Å². The van der Waals surface area contributed by atoms with Crippen LogP contribution in [0.25, 0.3) is 0 Å². The van der Waals surface area contributed by atoms with E-state index in [9.17, 15) is 23.2 Å². The Bertz CT molecular complexity index is 843. The molecule has 8 nitrogen and oxygen atoms in total. The van der Waals surface area contributed by atoms with Crippen LogP contribution in [0.4, 0.5) is 25.8 Å². The third kappa shape index (κ3) is 5.17. The van der Waals surface area contributed by atoms with Gasteiger partial charge >= 0.3 is 0 Å². The van der Waals surface area contributed by atoms with E-state index in [0.29, 0.717) is 25.2 Å². The normalized spacial score (nSPS) is 20.0. The van der Waals surface area contributed by atoms with Crippen LogP contribution in [0.15, 0.2) is 18.2 Å². The maximum Gasteiger partial charge on any atom is 0.251 e. The number of hydrogen-bond donors (Lipinski definition) is 1. The van der Waals surface area contributed by atoms with Crippen molar-refractivity contribution in [1.82, 2.24) is 10.2 Å². The first-order valence-electron chi connectivity index (χ1n) is 10.8. The Morgan fingerprint density at radius 1 is 1.16 bits per heavy atom. The Balaban J connectivity index is 1.85. The van der Waals surface area contributed by atoms with E-state index < -0.39 is 18.4 Å². The van der Waals surface area contributed by atoms with Crippen molar-refractivity contribution in [3.8, 4) is 0 Å². The molecule has 32 heavy (non-hydrogen) atoms. The van der Waals surface area contributed by atoms with Gasteiger partial charge in [-0.25, -0.2) is 8.78 Å². The lowest BCUT2D eigenvalue weighted by Gasteiger charge is -2.40. The number of anilines is 3. The van der Waals surface area contributed by atoms with Gasteiger partial charge in [0.2, 0.25) is 18.2 Å². The van der Waals surface area contributed by atoms with E-state index in [-0.39, 0.29) is 31.3 Å². The number of para-hydroxylation sites is 1. The van der Waals surface area contributed by atoms with Crippen molar-refractivity contribution < 1.29 is 23.2 Å². The van der Waals surface area contributed by atoms with Gasteiger partial charge in [-0.15, -0.1) is 0 Å². The number of piperidine rings is 2. The summed E-state index contributed by atoms with van der Waals surface area (Å²) in [5.41, 5.74) is 2.30. The van der Waals surface area contributed by atoms with Crippen LogP contribution in [-0.2, 0) is 14.4 Å². The maximum atomic E-state index is 12.7. The van der Waals surface area contributed by atoms with E-state index >= 15 is 0 Å². The molecule has 0 aromatic heterocycles. The quantitative estimate of drug-likeness (QED) is 0.479. The van der Waals surface area contributed by atoms with E-state index in [0.717, 1.165) is 24.2 Å². The van der Waals surface area contributed by atoms with Crippen LogP contribution in [0.3, 0.4) is 0 Å². The SMILES string of the molecule is CN(C)c1c(N2CCC(N(C)CC(F)F)CC2)cccc1N(C=O)C1CCC(=O)NC1=O. The van der Waals surface area contributed by atoms with Gasteiger partial charge in [0.1, 0.15) is 6.04 Å². The zero-order valence-corrected chi connectivity index (χ0v) is 18.8. The van der Waals surface area contributed by atoms with E-state index in [1.807, 2.05) is 31.1 Å². The van der Waals surface area contributed by atoms with Crippen molar-refractivity contribution in [2.75, 3.05) is 55.5 Å². The van der Waals surface area contributed by atoms with Gasteiger partial charge in [-0.1, -0.05) is 6.07 Å². The number of halogens is 2. The Hall–Kier alpha value is -2.75. The van der Waals surface area contributed by atoms with Crippen LogP contribution in [0.5, 0.6) is 0 Å². The second-order valence-corrected chi connectivity index (χ2v) is 8.57. The number of carbonyl (C=O) groups is 3. The molecule has 1 aromatic carbocycles. The summed E-state index contributed by atoms with van der Waals surface area (Å²) in [6.07, 6.45) is 0.240. The first-order chi connectivity index (χ1) is 15.2. The Morgan fingerprint density at radius 2 is 1.84 bits per heavy atom. The molecule has 3 amide bonds. The summed E-state index contributed by atoms with van der Waals surface area (Å²) in [4.78, 5) is 43.2. The molecule has 1 aromatic rings. The average Bonchev–Trinajstić information content (AvgIpc) is 2.75. The Labute approximate surface area is 187 Å². The smallest absolute Gasteiger partial charge is 0.251 e. The second-order valence-electron chi connectivity index (χ2n) is 8.57. The third-order valence-corrected chi connectivity index (χ3v) is 6.23. The number of benzene rings is 1. The third-order valence-electron chi connectivity index (χ3n) is 6.23. The van der Waals surface area contributed by atoms with E-state index in [4.69, 9.17) is 0 Å². The van der Waals surface area contributed by atoms with Gasteiger partial charge in [0.05, 0.1) is 23.6 Å². The van der Waals surface area contributed by atoms with E-state index in [1.165, 1.54) is 4.90 Å². The molecule has 10 heteroatoms. The summed E-state index contributed by atoms with van der Waals surface area (Å²) in [5.74, 6) is -0.815. The number of amides is 3. The number of nitrogens with zero attached hydrogens (tertiary/aromatic N) is 4. The van der Waals surface area contributed by atoms with Crippen LogP contribution >= 0.6 is 0 Å². The zero-order valence-electron chi connectivity index (χ0n) is 18.8. The van der Waals surface area contributed by atoms with Crippen molar-refractivity contribution >= 4 is 35.3 Å². The Kier molecular flexibility index (Phi) is 7.65. The van der Waals surface area contributed by atoms with Crippen LogP contribution in [-0.4, -0.2) is 82.4 Å². The minimum Gasteiger partial charge on any atom is -0.374 e. The molecule has 2 aliphatic rings. The molecule has 2 fully saturated rings. The lowest BCUT2D eigenvalue weighted by atomic mass is 10.0. The predicted octanol–water partition coefficient (Wildman–Crippen LogP) is 1.69. The number of hydrogen-bond acceptors (Lipinski definition) is 6. The van der Waals surface area contributed by atoms with Gasteiger partial charge in [-0.3, -0.25) is 24.6 Å². The van der Waals surface area contributed by atoms with Gasteiger partial charge in [0.15, 0.2) is 0 Å². The molecule has 0 saturated carbocycles. The fraction of sp³-hybridized carbons (Fsp3) is 0.591. The fourth-order valence-electron chi connectivity index (χ4n) is 4.60. The van der Waals surface area contributed by atoms with Gasteiger partial charge < -0.3 is 14.7 Å². The predicted molar refractivity (Wildman–Crippen MR) is 119 cm³/mol. The molecule has 2 aliphatic heterocycles. The van der Waals surface area contributed by atoms with Crippen LogP contribution in [0.2, 0.25) is 0 Å². The molecule has 1 N–H and O–H groups in total. The summed E-state index contributed by atoms with van der Waals surface area (Å²) in [6.45, 7) is 1.16. The molecule has 3 rings (SSSR count). The lowest BCUT2D eigenvalue weighted by molar-refractivity contribution is -0.134. The molecule has 1 atom stereocenters. The van der Waals surface area contributed by atoms with Gasteiger partial charge in [-0.2, -0.15) is 0 Å². The summed E-state index contributed by atoms with van der Waals surface area (Å²) < 4.78 is 25.5. The van der Waals surface area contributed by atoms with E-state index in [1.54, 1.807) is 18.0 Å². The largest absolute Gasteiger partial charge is 0.374 e. The first-order valence-corrected chi connectivity index (χ1v) is 10.8. The molecule has 176 valence electrons. The minimum absolute atomic E-state index is 0.0983. The minimum atomic E-state index is -2.35. The molecule has 0 spiro atoms. The number of nitrogens with one attached hydrogen (secondary N) is 1. The molecular weight excluding hydrogens is 420 g/mol.